The molecular weight excluding hydrogens is 271 g/mol. The van der Waals surface area contributed by atoms with E-state index < -0.39 is 12.2 Å². The topological polar surface area (TPSA) is 47.3 Å². The van der Waals surface area contributed by atoms with Gasteiger partial charge in [0.15, 0.2) is 0 Å². The number of halogens is 1. The van der Waals surface area contributed by atoms with Crippen molar-refractivity contribution >= 4 is 0 Å². The summed E-state index contributed by atoms with van der Waals surface area (Å²) >= 11 is 0. The van der Waals surface area contributed by atoms with E-state index in [1.54, 1.807) is 24.7 Å². The van der Waals surface area contributed by atoms with Crippen molar-refractivity contribution in [3.63, 3.8) is 0 Å². The maximum atomic E-state index is 13.0. The highest BCUT2D eigenvalue weighted by atomic mass is 19.1. The second-order valence-electron chi connectivity index (χ2n) is 6.18. The van der Waals surface area contributed by atoms with Crippen molar-refractivity contribution < 1.29 is 14.2 Å². The first-order valence-electron chi connectivity index (χ1n) is 6.92. The second-order valence-corrected chi connectivity index (χ2v) is 6.18. The number of hydrogen-bond donors (Lipinski definition) is 1. The number of imidazole rings is 1. The van der Waals surface area contributed by atoms with Gasteiger partial charge >= 0.3 is 0 Å². The van der Waals surface area contributed by atoms with Crippen LogP contribution in [0.15, 0.2) is 43.0 Å². The van der Waals surface area contributed by atoms with Gasteiger partial charge in [-0.15, -0.1) is 0 Å². The van der Waals surface area contributed by atoms with E-state index in [1.807, 2.05) is 31.5 Å². The summed E-state index contributed by atoms with van der Waals surface area (Å²) in [7, 11) is 0. The number of aliphatic hydroxyl groups is 1. The minimum atomic E-state index is -0.676. The minimum absolute atomic E-state index is 0.315. The van der Waals surface area contributed by atoms with Crippen molar-refractivity contribution in [3.8, 4) is 5.75 Å². The van der Waals surface area contributed by atoms with Gasteiger partial charge in [0.1, 0.15) is 17.7 Å². The molecule has 2 rings (SSSR count). The summed E-state index contributed by atoms with van der Waals surface area (Å²) in [6, 6.07) is 5.80. The van der Waals surface area contributed by atoms with E-state index in [9.17, 15) is 9.50 Å². The van der Waals surface area contributed by atoms with Crippen molar-refractivity contribution in [2.24, 2.45) is 5.41 Å². The normalized spacial score (nSPS) is 14.7. The molecule has 1 aromatic carbocycles. The molecule has 1 N–H and O–H groups in total. The summed E-state index contributed by atoms with van der Waals surface area (Å²) in [5, 5.41) is 10.5. The van der Waals surface area contributed by atoms with Gasteiger partial charge in [-0.3, -0.25) is 0 Å². The van der Waals surface area contributed by atoms with Crippen molar-refractivity contribution in [2.45, 2.75) is 39.5 Å². The fourth-order valence-electron chi connectivity index (χ4n) is 2.05. The third kappa shape index (κ3) is 4.29. The zero-order chi connectivity index (χ0) is 15.5. The van der Waals surface area contributed by atoms with Gasteiger partial charge in [-0.25, -0.2) is 9.37 Å². The van der Waals surface area contributed by atoms with E-state index in [1.165, 1.54) is 12.1 Å². The molecule has 0 amide bonds. The Morgan fingerprint density at radius 3 is 2.48 bits per heavy atom. The molecule has 0 aliphatic heterocycles. The molecule has 2 unspecified atom stereocenters. The van der Waals surface area contributed by atoms with E-state index in [2.05, 4.69) is 4.98 Å². The summed E-state index contributed by atoms with van der Waals surface area (Å²) in [6.07, 6.45) is 4.04. The molecule has 2 atom stereocenters. The van der Waals surface area contributed by atoms with Crippen LogP contribution in [0.2, 0.25) is 0 Å². The quantitative estimate of drug-likeness (QED) is 0.921. The second kappa shape index (κ2) is 6.26. The lowest BCUT2D eigenvalue weighted by Crippen LogP contribution is -2.43. The average molecular weight is 292 g/mol. The van der Waals surface area contributed by atoms with Gasteiger partial charge in [0.05, 0.1) is 19.0 Å². The van der Waals surface area contributed by atoms with E-state index in [0.717, 1.165) is 0 Å². The molecule has 0 fully saturated rings. The Morgan fingerprint density at radius 1 is 1.29 bits per heavy atom. The van der Waals surface area contributed by atoms with Crippen LogP contribution < -0.4 is 4.74 Å². The number of ether oxygens (including phenoxy) is 1. The predicted molar refractivity (Wildman–Crippen MR) is 78.5 cm³/mol. The van der Waals surface area contributed by atoms with Gasteiger partial charge in [-0.2, -0.15) is 0 Å². The molecule has 0 aliphatic carbocycles. The summed E-state index contributed by atoms with van der Waals surface area (Å²) < 4.78 is 20.7. The molecule has 21 heavy (non-hydrogen) atoms. The van der Waals surface area contributed by atoms with Crippen LogP contribution in [0.25, 0.3) is 0 Å². The number of hydrogen-bond acceptors (Lipinski definition) is 3. The van der Waals surface area contributed by atoms with Crippen LogP contribution in [0.3, 0.4) is 0 Å². The molecule has 1 heterocycles. The van der Waals surface area contributed by atoms with Gasteiger partial charge in [0, 0.05) is 12.4 Å². The predicted octanol–water partition coefficient (Wildman–Crippen LogP) is 2.88. The minimum Gasteiger partial charge on any atom is -0.486 e. The van der Waals surface area contributed by atoms with Crippen molar-refractivity contribution in [1.82, 2.24) is 9.55 Å². The standard InChI is InChI=1S/C16H21FN2O2/c1-16(2,3)15(20)14(10-19-9-8-18-11-19)21-13-6-4-12(17)5-7-13/h4-9,11,14-15,20H,10H2,1-3H3. The van der Waals surface area contributed by atoms with Gasteiger partial charge in [-0.1, -0.05) is 20.8 Å². The Bertz CT molecular complexity index is 547. The van der Waals surface area contributed by atoms with Crippen LogP contribution in [0, 0.1) is 11.2 Å². The SMILES string of the molecule is CC(C)(C)C(O)C(Cn1ccnc1)Oc1ccc(F)cc1. The number of nitrogens with zero attached hydrogens (tertiary/aromatic N) is 2. The zero-order valence-corrected chi connectivity index (χ0v) is 12.5. The first-order valence-corrected chi connectivity index (χ1v) is 6.92. The Kier molecular flexibility index (Phi) is 4.63. The first kappa shape index (κ1) is 15.5. The smallest absolute Gasteiger partial charge is 0.143 e. The summed E-state index contributed by atoms with van der Waals surface area (Å²) in [5.41, 5.74) is -0.328. The summed E-state index contributed by atoms with van der Waals surface area (Å²) in [5.74, 6) is 0.217. The zero-order valence-electron chi connectivity index (χ0n) is 12.5. The maximum absolute atomic E-state index is 13.0. The fourth-order valence-corrected chi connectivity index (χ4v) is 2.05. The molecule has 0 radical (unpaired) electrons. The molecule has 0 saturated carbocycles. The third-order valence-electron chi connectivity index (χ3n) is 3.29. The van der Waals surface area contributed by atoms with Gasteiger partial charge in [0.2, 0.25) is 0 Å². The summed E-state index contributed by atoms with van der Waals surface area (Å²) in [6.45, 7) is 6.32. The fraction of sp³-hybridized carbons (Fsp3) is 0.438. The summed E-state index contributed by atoms with van der Waals surface area (Å²) in [4.78, 5) is 3.99. The molecule has 0 bridgehead atoms. The Labute approximate surface area is 124 Å². The highest BCUT2D eigenvalue weighted by Crippen LogP contribution is 2.26. The van der Waals surface area contributed by atoms with Crippen LogP contribution in [0.4, 0.5) is 4.39 Å². The van der Waals surface area contributed by atoms with Crippen LogP contribution in [-0.2, 0) is 6.54 Å². The molecule has 0 saturated heterocycles. The molecule has 4 nitrogen and oxygen atoms in total. The number of aromatic nitrogens is 2. The monoisotopic (exact) mass is 292 g/mol. The molecule has 5 heteroatoms. The highest BCUT2D eigenvalue weighted by molar-refractivity contribution is 5.22. The van der Waals surface area contributed by atoms with E-state index in [4.69, 9.17) is 4.74 Å². The molecule has 1 aromatic heterocycles. The number of benzene rings is 1. The molecule has 0 spiro atoms. The number of rotatable bonds is 5. The van der Waals surface area contributed by atoms with Gasteiger partial charge in [-0.05, 0) is 29.7 Å². The van der Waals surface area contributed by atoms with Crippen LogP contribution in [-0.4, -0.2) is 26.9 Å². The lowest BCUT2D eigenvalue weighted by atomic mass is 9.85. The average Bonchev–Trinajstić information content (AvgIpc) is 2.91. The third-order valence-corrected chi connectivity index (χ3v) is 3.29. The lowest BCUT2D eigenvalue weighted by Gasteiger charge is -2.33. The van der Waals surface area contributed by atoms with E-state index >= 15 is 0 Å². The largest absolute Gasteiger partial charge is 0.486 e. The highest BCUT2D eigenvalue weighted by Gasteiger charge is 2.32. The van der Waals surface area contributed by atoms with Crippen molar-refractivity contribution in [3.05, 3.63) is 48.8 Å². The Morgan fingerprint density at radius 2 is 1.95 bits per heavy atom. The molecule has 2 aromatic rings. The Balaban J connectivity index is 2.16. The van der Waals surface area contributed by atoms with Crippen molar-refractivity contribution in [2.75, 3.05) is 0 Å². The molecule has 0 aliphatic rings. The van der Waals surface area contributed by atoms with E-state index in [0.29, 0.717) is 12.3 Å². The molecular formula is C16H21FN2O2. The lowest BCUT2D eigenvalue weighted by molar-refractivity contribution is -0.0384. The van der Waals surface area contributed by atoms with Crippen LogP contribution in [0.5, 0.6) is 5.75 Å². The molecule has 114 valence electrons. The number of aliphatic hydroxyl groups excluding tert-OH is 1. The first-order chi connectivity index (χ1) is 9.86. The maximum Gasteiger partial charge on any atom is 0.143 e. The van der Waals surface area contributed by atoms with Crippen molar-refractivity contribution in [1.29, 1.82) is 0 Å². The van der Waals surface area contributed by atoms with Gasteiger partial charge < -0.3 is 14.4 Å². The van der Waals surface area contributed by atoms with E-state index in [-0.39, 0.29) is 11.2 Å². The Hall–Kier alpha value is -1.88. The van der Waals surface area contributed by atoms with Crippen LogP contribution in [0.1, 0.15) is 20.8 Å². The van der Waals surface area contributed by atoms with Gasteiger partial charge in [0.25, 0.3) is 0 Å². The van der Waals surface area contributed by atoms with Crippen LogP contribution >= 0.6 is 0 Å².